The highest BCUT2D eigenvalue weighted by Gasteiger charge is 2.32. The Bertz CT molecular complexity index is 773. The van der Waals surface area contributed by atoms with Crippen LogP contribution in [0.3, 0.4) is 0 Å². The summed E-state index contributed by atoms with van der Waals surface area (Å²) < 4.78 is 0. The van der Waals surface area contributed by atoms with Crippen LogP contribution in [0.25, 0.3) is 11.1 Å². The predicted molar refractivity (Wildman–Crippen MR) is 99.0 cm³/mol. The van der Waals surface area contributed by atoms with Crippen LogP contribution in [-0.2, 0) is 6.42 Å². The second-order valence-corrected chi connectivity index (χ2v) is 6.46. The van der Waals surface area contributed by atoms with Crippen molar-refractivity contribution >= 4 is 11.1 Å². The summed E-state index contributed by atoms with van der Waals surface area (Å²) in [5, 5.41) is 0. The highest BCUT2D eigenvalue weighted by atomic mass is 14.4. The van der Waals surface area contributed by atoms with Crippen molar-refractivity contribution in [2.75, 3.05) is 0 Å². The summed E-state index contributed by atoms with van der Waals surface area (Å²) in [6.45, 7) is 2.21. The Morgan fingerprint density at radius 3 is 1.87 bits per heavy atom. The quantitative estimate of drug-likeness (QED) is 0.659. The number of fused-ring (bicyclic) bond motifs is 2. The Hall–Kier alpha value is -2.34. The molecule has 0 aromatic heterocycles. The van der Waals surface area contributed by atoms with Crippen LogP contribution in [0.1, 0.15) is 30.0 Å². The smallest absolute Gasteiger partial charge is 0.00390 e. The molecule has 114 valence electrons. The molecular weight excluding hydrogens is 276 g/mol. The molecule has 4 rings (SSSR count). The maximum Gasteiger partial charge on any atom is 0.00390 e. The Morgan fingerprint density at radius 2 is 1.30 bits per heavy atom. The van der Waals surface area contributed by atoms with Crippen LogP contribution >= 0.6 is 0 Å². The van der Waals surface area contributed by atoms with E-state index in [4.69, 9.17) is 0 Å². The zero-order valence-corrected chi connectivity index (χ0v) is 13.6. The highest BCUT2D eigenvalue weighted by molar-refractivity contribution is 5.96. The third-order valence-electron chi connectivity index (χ3n) is 5.10. The molecule has 0 radical (unpaired) electrons. The van der Waals surface area contributed by atoms with Crippen molar-refractivity contribution < 1.29 is 0 Å². The molecule has 0 saturated heterocycles. The third kappa shape index (κ3) is 2.59. The van der Waals surface area contributed by atoms with Gasteiger partial charge in [0, 0.05) is 11.8 Å². The van der Waals surface area contributed by atoms with Crippen molar-refractivity contribution in [3.8, 4) is 0 Å². The second kappa shape index (κ2) is 6.04. The molecule has 0 aliphatic heterocycles. The van der Waals surface area contributed by atoms with Crippen molar-refractivity contribution in [3.63, 3.8) is 0 Å². The number of benzene rings is 2. The van der Waals surface area contributed by atoms with E-state index < -0.39 is 0 Å². The predicted octanol–water partition coefficient (Wildman–Crippen LogP) is 5.92. The molecule has 1 unspecified atom stereocenters. The second-order valence-electron chi connectivity index (χ2n) is 6.46. The summed E-state index contributed by atoms with van der Waals surface area (Å²) in [4.78, 5) is 0. The van der Waals surface area contributed by atoms with E-state index in [1.807, 2.05) is 0 Å². The van der Waals surface area contributed by atoms with Gasteiger partial charge < -0.3 is 0 Å². The van der Waals surface area contributed by atoms with E-state index in [1.165, 1.54) is 34.3 Å². The number of allylic oxidation sites excluding steroid dienone is 6. The standard InChI is InChI=1S/C23H22/c1-2-17-12-14-19(15-13-17)23-21-11-7-6-10-20(16-21)22(23)18-8-4-3-5-9-18/h3-15,20-21H,2,16H2,1H3/t20-,21?/m1/s1. The van der Waals surface area contributed by atoms with Gasteiger partial charge in [-0.1, -0.05) is 85.8 Å². The SMILES string of the molecule is CCc1ccc(C2=C(c3ccccc3)[C@@H]3C=CC=CC2C3)cc1. The van der Waals surface area contributed by atoms with Crippen LogP contribution < -0.4 is 0 Å². The van der Waals surface area contributed by atoms with Crippen LogP contribution in [0.15, 0.2) is 78.9 Å². The maximum atomic E-state index is 2.37. The molecule has 0 spiro atoms. The van der Waals surface area contributed by atoms with Crippen LogP contribution in [0.4, 0.5) is 0 Å². The Morgan fingerprint density at radius 1 is 0.739 bits per heavy atom. The lowest BCUT2D eigenvalue weighted by Crippen LogP contribution is -1.96. The summed E-state index contributed by atoms with van der Waals surface area (Å²) in [5.74, 6) is 1.05. The zero-order chi connectivity index (χ0) is 15.6. The molecule has 0 amide bonds. The molecule has 2 aromatic carbocycles. The molecule has 2 aliphatic carbocycles. The van der Waals surface area contributed by atoms with Crippen LogP contribution in [-0.4, -0.2) is 0 Å². The van der Waals surface area contributed by atoms with Gasteiger partial charge in [-0.05, 0) is 40.7 Å². The third-order valence-corrected chi connectivity index (χ3v) is 5.10. The summed E-state index contributed by atoms with van der Waals surface area (Å²) in [6.07, 6.45) is 11.5. The average Bonchev–Trinajstić information content (AvgIpc) is 2.79. The van der Waals surface area contributed by atoms with Crippen molar-refractivity contribution in [3.05, 3.63) is 95.6 Å². The minimum Gasteiger partial charge on any atom is -0.0770 e. The van der Waals surface area contributed by atoms with E-state index in [1.54, 1.807) is 0 Å². The lowest BCUT2D eigenvalue weighted by Gasteiger charge is -2.15. The largest absolute Gasteiger partial charge is 0.0770 e. The Balaban J connectivity index is 1.89. The van der Waals surface area contributed by atoms with Crippen LogP contribution in [0, 0.1) is 11.8 Å². The van der Waals surface area contributed by atoms with Gasteiger partial charge in [-0.25, -0.2) is 0 Å². The monoisotopic (exact) mass is 298 g/mol. The molecule has 2 aromatic rings. The van der Waals surface area contributed by atoms with Crippen LogP contribution in [0.5, 0.6) is 0 Å². The maximum absolute atomic E-state index is 2.37. The fourth-order valence-electron chi connectivity index (χ4n) is 3.93. The molecule has 2 atom stereocenters. The van der Waals surface area contributed by atoms with E-state index in [0.717, 1.165) is 6.42 Å². The van der Waals surface area contributed by atoms with Gasteiger partial charge in [-0.3, -0.25) is 0 Å². The molecule has 0 nitrogen and oxygen atoms in total. The van der Waals surface area contributed by atoms with Gasteiger partial charge in [0.05, 0.1) is 0 Å². The first-order valence-corrected chi connectivity index (χ1v) is 8.60. The van der Waals surface area contributed by atoms with Gasteiger partial charge in [0.25, 0.3) is 0 Å². The Labute approximate surface area is 138 Å². The first-order chi connectivity index (χ1) is 11.4. The van der Waals surface area contributed by atoms with Gasteiger partial charge in [-0.15, -0.1) is 0 Å². The molecule has 2 bridgehead atoms. The zero-order valence-electron chi connectivity index (χ0n) is 13.6. The van der Waals surface area contributed by atoms with Gasteiger partial charge in [0.15, 0.2) is 0 Å². The van der Waals surface area contributed by atoms with E-state index >= 15 is 0 Å². The molecule has 0 fully saturated rings. The molecule has 0 heteroatoms. The summed E-state index contributed by atoms with van der Waals surface area (Å²) in [5.41, 5.74) is 7.19. The molecule has 0 heterocycles. The minimum atomic E-state index is 0.526. The fraction of sp³-hybridized carbons (Fsp3) is 0.217. The van der Waals surface area contributed by atoms with E-state index in [2.05, 4.69) is 85.8 Å². The number of aryl methyl sites for hydroxylation is 1. The van der Waals surface area contributed by atoms with Crippen molar-refractivity contribution in [1.29, 1.82) is 0 Å². The molecule has 2 aliphatic rings. The minimum absolute atomic E-state index is 0.526. The average molecular weight is 298 g/mol. The van der Waals surface area contributed by atoms with E-state index in [-0.39, 0.29) is 0 Å². The van der Waals surface area contributed by atoms with Gasteiger partial charge in [0.1, 0.15) is 0 Å². The number of hydrogen-bond acceptors (Lipinski definition) is 0. The van der Waals surface area contributed by atoms with Gasteiger partial charge >= 0.3 is 0 Å². The van der Waals surface area contributed by atoms with Crippen molar-refractivity contribution in [2.45, 2.75) is 19.8 Å². The van der Waals surface area contributed by atoms with Gasteiger partial charge in [0.2, 0.25) is 0 Å². The summed E-state index contributed by atoms with van der Waals surface area (Å²) >= 11 is 0. The first-order valence-electron chi connectivity index (χ1n) is 8.60. The summed E-state index contributed by atoms with van der Waals surface area (Å²) in [6, 6.07) is 20.1. The lowest BCUT2D eigenvalue weighted by atomic mass is 9.89. The highest BCUT2D eigenvalue weighted by Crippen LogP contribution is 2.49. The van der Waals surface area contributed by atoms with Crippen molar-refractivity contribution in [2.24, 2.45) is 11.8 Å². The fourth-order valence-corrected chi connectivity index (χ4v) is 3.93. The van der Waals surface area contributed by atoms with E-state index in [0.29, 0.717) is 11.8 Å². The normalized spacial score (nSPS) is 22.5. The molecule has 23 heavy (non-hydrogen) atoms. The van der Waals surface area contributed by atoms with Crippen LogP contribution in [0.2, 0.25) is 0 Å². The molecule has 0 saturated carbocycles. The lowest BCUT2D eigenvalue weighted by molar-refractivity contribution is 0.697. The molecule has 0 N–H and O–H groups in total. The first kappa shape index (κ1) is 14.3. The van der Waals surface area contributed by atoms with Crippen molar-refractivity contribution in [1.82, 2.24) is 0 Å². The van der Waals surface area contributed by atoms with E-state index in [9.17, 15) is 0 Å². The number of hydrogen-bond donors (Lipinski definition) is 0. The topological polar surface area (TPSA) is 0 Å². The Kier molecular flexibility index (Phi) is 3.75. The molecular formula is C23H22. The number of rotatable bonds is 3. The summed E-state index contributed by atoms with van der Waals surface area (Å²) in [7, 11) is 0. The van der Waals surface area contributed by atoms with Gasteiger partial charge in [-0.2, -0.15) is 0 Å².